The third kappa shape index (κ3) is 9.86. The van der Waals surface area contributed by atoms with Gasteiger partial charge in [0.1, 0.15) is 29.8 Å². The van der Waals surface area contributed by atoms with Crippen molar-refractivity contribution in [1.29, 1.82) is 0 Å². The number of rotatable bonds is 14. The highest BCUT2D eigenvalue weighted by Gasteiger charge is 2.38. The molecule has 3 aromatic carbocycles. The van der Waals surface area contributed by atoms with Crippen LogP contribution in [0.3, 0.4) is 0 Å². The van der Waals surface area contributed by atoms with Gasteiger partial charge in [0, 0.05) is 0 Å². The van der Waals surface area contributed by atoms with Crippen LogP contribution >= 0.6 is 0 Å². The van der Waals surface area contributed by atoms with E-state index in [2.05, 4.69) is 50.2 Å². The Bertz CT molecular complexity index is 1090. The van der Waals surface area contributed by atoms with E-state index in [1.165, 1.54) is 36.8 Å². The molecule has 204 valence electrons. The Labute approximate surface area is 227 Å². The predicted octanol–water partition coefficient (Wildman–Crippen LogP) is 8.34. The average Bonchev–Trinajstić information content (AvgIpc) is 3.68. The maximum absolute atomic E-state index is 11.0. The fourth-order valence-corrected chi connectivity index (χ4v) is 4.23. The molecular formula is C33H42O5. The highest BCUT2D eigenvalue weighted by atomic mass is 16.6. The monoisotopic (exact) mass is 518 g/mol. The topological polar surface area (TPSA) is 68.3 Å². The van der Waals surface area contributed by atoms with E-state index in [1.54, 1.807) is 18.2 Å². The summed E-state index contributed by atoms with van der Waals surface area (Å²) in [6.07, 6.45) is 8.85. The summed E-state index contributed by atoms with van der Waals surface area (Å²) in [5.41, 5.74) is 3.70. The molecule has 0 saturated carbocycles. The van der Waals surface area contributed by atoms with Gasteiger partial charge in [0.25, 0.3) is 0 Å². The Hall–Kier alpha value is -3.31. The first-order valence-electron chi connectivity index (χ1n) is 13.9. The molecule has 5 heteroatoms. The highest BCUT2D eigenvalue weighted by molar-refractivity contribution is 5.90. The lowest BCUT2D eigenvalue weighted by molar-refractivity contribution is 0.0692. The minimum Gasteiger partial charge on any atom is -0.493 e. The van der Waals surface area contributed by atoms with Crippen molar-refractivity contribution in [2.45, 2.75) is 77.9 Å². The maximum Gasteiger partial charge on any atom is 0.339 e. The zero-order valence-corrected chi connectivity index (χ0v) is 23.0. The van der Waals surface area contributed by atoms with Gasteiger partial charge in [-0.1, -0.05) is 94.5 Å². The van der Waals surface area contributed by atoms with Crippen LogP contribution < -0.4 is 9.47 Å². The molecule has 1 aliphatic heterocycles. The molecule has 1 heterocycles. The number of epoxide rings is 1. The van der Waals surface area contributed by atoms with E-state index < -0.39 is 5.97 Å². The molecule has 0 aliphatic carbocycles. The van der Waals surface area contributed by atoms with Crippen LogP contribution in [0, 0.1) is 6.92 Å². The first-order chi connectivity index (χ1) is 18.5. The number of aryl methyl sites for hydroxylation is 1. The number of aromatic carboxylic acids is 1. The number of carboxylic acid groups (broad SMARTS) is 1. The fourth-order valence-electron chi connectivity index (χ4n) is 4.23. The summed E-state index contributed by atoms with van der Waals surface area (Å²) in [7, 11) is 0. The van der Waals surface area contributed by atoms with Gasteiger partial charge in [-0.2, -0.15) is 0 Å². The van der Waals surface area contributed by atoms with E-state index in [-0.39, 0.29) is 5.56 Å². The van der Waals surface area contributed by atoms with Crippen molar-refractivity contribution in [3.8, 4) is 22.6 Å². The van der Waals surface area contributed by atoms with E-state index in [0.717, 1.165) is 30.6 Å². The number of hydrogen-bond acceptors (Lipinski definition) is 4. The van der Waals surface area contributed by atoms with E-state index in [0.29, 0.717) is 31.2 Å². The van der Waals surface area contributed by atoms with Gasteiger partial charge in [-0.05, 0) is 60.7 Å². The van der Waals surface area contributed by atoms with Gasteiger partial charge in [-0.25, -0.2) is 4.79 Å². The number of hydrogen-bond donors (Lipinski definition) is 1. The first kappa shape index (κ1) is 29.2. The molecule has 1 fully saturated rings. The van der Waals surface area contributed by atoms with Crippen LogP contribution in [0.5, 0.6) is 11.5 Å². The van der Waals surface area contributed by atoms with Gasteiger partial charge < -0.3 is 19.3 Å². The second-order valence-electron chi connectivity index (χ2n) is 9.77. The Morgan fingerprint density at radius 3 is 2.21 bits per heavy atom. The molecule has 1 aliphatic rings. The van der Waals surface area contributed by atoms with Crippen molar-refractivity contribution < 1.29 is 24.1 Å². The Morgan fingerprint density at radius 1 is 0.816 bits per heavy atom. The molecule has 1 saturated heterocycles. The number of carbonyl (C=O) groups is 1. The van der Waals surface area contributed by atoms with Crippen LogP contribution in [-0.4, -0.2) is 36.5 Å². The quantitative estimate of drug-likeness (QED) is 0.172. The summed E-state index contributed by atoms with van der Waals surface area (Å²) < 4.78 is 16.9. The van der Waals surface area contributed by atoms with Gasteiger partial charge in [-0.3, -0.25) is 0 Å². The van der Waals surface area contributed by atoms with Crippen LogP contribution in [-0.2, 0) is 4.74 Å². The molecule has 1 N–H and O–H groups in total. The number of carboxylic acids is 1. The minimum absolute atomic E-state index is 0.245. The van der Waals surface area contributed by atoms with E-state index in [1.807, 2.05) is 25.1 Å². The van der Waals surface area contributed by atoms with Crippen LogP contribution in [0.4, 0.5) is 0 Å². The van der Waals surface area contributed by atoms with Crippen molar-refractivity contribution in [3.05, 3.63) is 83.9 Å². The summed E-state index contributed by atoms with van der Waals surface area (Å²) in [6, 6.07) is 23.8. The standard InChI is InChI=1S/C18H20O2.C15H22O3/c1-2-6-17-18(20-17)13-19-16-11-9-15(10-12-16)14-7-4-3-5-8-14;1-3-4-5-6-7-10-18-14-11-12(2)8-9-13(14)15(16)17/h3-5,7-12,17-18H,2,6,13H2,1H3;8-9,11H,3-7,10H2,1-2H3,(H,16,17)/t17-,18-;/m1./s1. The molecule has 38 heavy (non-hydrogen) atoms. The van der Waals surface area contributed by atoms with Crippen LogP contribution in [0.25, 0.3) is 11.1 Å². The maximum atomic E-state index is 11.0. The average molecular weight is 519 g/mol. The molecule has 4 rings (SSSR count). The number of ether oxygens (including phenoxy) is 3. The molecule has 2 atom stereocenters. The predicted molar refractivity (Wildman–Crippen MR) is 153 cm³/mol. The Balaban J connectivity index is 0.000000212. The summed E-state index contributed by atoms with van der Waals surface area (Å²) in [6.45, 7) is 7.55. The molecule has 0 aromatic heterocycles. The molecule has 0 radical (unpaired) electrons. The van der Waals surface area contributed by atoms with Crippen molar-refractivity contribution in [1.82, 2.24) is 0 Å². The number of unbranched alkanes of at least 4 members (excludes halogenated alkanes) is 4. The van der Waals surface area contributed by atoms with Crippen LogP contribution in [0.15, 0.2) is 72.8 Å². The van der Waals surface area contributed by atoms with E-state index in [4.69, 9.17) is 19.3 Å². The van der Waals surface area contributed by atoms with Gasteiger partial charge >= 0.3 is 5.97 Å². The number of benzene rings is 3. The SMILES string of the molecule is CCCCCCCOc1cc(C)ccc1C(=O)O.CCC[C@H]1O[C@@H]1COc1ccc(-c2ccccc2)cc1. The summed E-state index contributed by atoms with van der Waals surface area (Å²) in [4.78, 5) is 11.0. The van der Waals surface area contributed by atoms with Gasteiger partial charge in [0.15, 0.2) is 0 Å². The Kier molecular flexibility index (Phi) is 12.2. The van der Waals surface area contributed by atoms with E-state index in [9.17, 15) is 4.79 Å². The van der Waals surface area contributed by atoms with Crippen molar-refractivity contribution >= 4 is 5.97 Å². The summed E-state index contributed by atoms with van der Waals surface area (Å²) in [5, 5.41) is 9.05. The zero-order valence-electron chi connectivity index (χ0n) is 23.0. The second-order valence-corrected chi connectivity index (χ2v) is 9.77. The summed E-state index contributed by atoms with van der Waals surface area (Å²) >= 11 is 0. The molecule has 3 aromatic rings. The molecule has 0 spiro atoms. The van der Waals surface area contributed by atoms with Gasteiger partial charge in [0.2, 0.25) is 0 Å². The molecule has 0 amide bonds. The molecule has 0 unspecified atom stereocenters. The largest absolute Gasteiger partial charge is 0.493 e. The van der Waals surface area contributed by atoms with Crippen LogP contribution in [0.2, 0.25) is 0 Å². The molecule has 0 bridgehead atoms. The Morgan fingerprint density at radius 2 is 1.53 bits per heavy atom. The summed E-state index contributed by atoms with van der Waals surface area (Å²) in [5.74, 6) is 0.462. The fraction of sp³-hybridized carbons (Fsp3) is 0.424. The van der Waals surface area contributed by atoms with Gasteiger partial charge in [0.05, 0.1) is 12.7 Å². The van der Waals surface area contributed by atoms with E-state index >= 15 is 0 Å². The van der Waals surface area contributed by atoms with Crippen molar-refractivity contribution in [3.63, 3.8) is 0 Å². The lowest BCUT2D eigenvalue weighted by Gasteiger charge is -2.09. The van der Waals surface area contributed by atoms with Crippen LogP contribution in [0.1, 0.15) is 74.7 Å². The lowest BCUT2D eigenvalue weighted by Crippen LogP contribution is -2.07. The smallest absolute Gasteiger partial charge is 0.339 e. The highest BCUT2D eigenvalue weighted by Crippen LogP contribution is 2.28. The van der Waals surface area contributed by atoms with Gasteiger partial charge in [-0.15, -0.1) is 0 Å². The lowest BCUT2D eigenvalue weighted by atomic mass is 10.1. The van der Waals surface area contributed by atoms with Crippen molar-refractivity contribution in [2.75, 3.05) is 13.2 Å². The second kappa shape index (κ2) is 15.8. The molecular weight excluding hydrogens is 476 g/mol. The minimum atomic E-state index is -0.934. The third-order valence-corrected chi connectivity index (χ3v) is 6.51. The normalized spacial score (nSPS) is 15.8. The zero-order chi connectivity index (χ0) is 27.2. The molecule has 5 nitrogen and oxygen atoms in total. The first-order valence-corrected chi connectivity index (χ1v) is 13.9. The van der Waals surface area contributed by atoms with Crippen molar-refractivity contribution in [2.24, 2.45) is 0 Å². The third-order valence-electron chi connectivity index (χ3n) is 6.51.